The average Bonchev–Trinajstić information content (AvgIpc) is 1.85. The second-order valence-electron chi connectivity index (χ2n) is 2.02. The van der Waals surface area contributed by atoms with Gasteiger partial charge in [-0.15, -0.1) is 0 Å². The third-order valence-electron chi connectivity index (χ3n) is 1.08. The molecule has 2 unspecified atom stereocenters. The van der Waals surface area contributed by atoms with Gasteiger partial charge in [0.05, 0.1) is 13.0 Å². The second-order valence-corrected chi connectivity index (χ2v) is 3.22. The van der Waals surface area contributed by atoms with Crippen molar-refractivity contribution in [1.29, 1.82) is 0 Å². The highest BCUT2D eigenvalue weighted by Crippen LogP contribution is 2.18. The number of esters is 1. The molecule has 0 aliphatic heterocycles. The van der Waals surface area contributed by atoms with Crippen LogP contribution in [0.15, 0.2) is 0 Å². The van der Waals surface area contributed by atoms with E-state index in [0.717, 1.165) is 0 Å². The van der Waals surface area contributed by atoms with Crippen LogP contribution in [0, 0.1) is 5.92 Å². The summed E-state index contributed by atoms with van der Waals surface area (Å²) < 4.78 is 14.5. The van der Waals surface area contributed by atoms with Crippen molar-refractivity contribution in [1.82, 2.24) is 0 Å². The molecule has 5 heteroatoms. The van der Waals surface area contributed by atoms with Crippen LogP contribution >= 0.6 is 8.03 Å². The van der Waals surface area contributed by atoms with E-state index in [1.165, 1.54) is 7.11 Å². The fourth-order valence-corrected chi connectivity index (χ4v) is 1.24. The van der Waals surface area contributed by atoms with Crippen molar-refractivity contribution in [2.45, 2.75) is 6.92 Å². The van der Waals surface area contributed by atoms with Gasteiger partial charge >= 0.3 is 5.97 Å². The molecule has 0 aliphatic rings. The van der Waals surface area contributed by atoms with E-state index >= 15 is 0 Å². The summed E-state index contributed by atoms with van der Waals surface area (Å²) in [5.74, 6) is -0.909. The van der Waals surface area contributed by atoms with Crippen LogP contribution in [0.4, 0.5) is 0 Å². The molecule has 0 rings (SSSR count). The van der Waals surface area contributed by atoms with Crippen molar-refractivity contribution in [3.63, 3.8) is 0 Å². The molecule has 0 aromatic rings. The molecule has 0 bridgehead atoms. The largest absolute Gasteiger partial charge is 0.469 e. The first-order valence-corrected chi connectivity index (χ1v) is 4.43. The number of rotatable bonds is 3. The van der Waals surface area contributed by atoms with E-state index < -0.39 is 19.9 Å². The van der Waals surface area contributed by atoms with Gasteiger partial charge < -0.3 is 9.63 Å². The maximum Gasteiger partial charge on any atom is 0.308 e. The predicted molar refractivity (Wildman–Crippen MR) is 37.3 cm³/mol. The Bertz CT molecular complexity index is 145. The van der Waals surface area contributed by atoms with Crippen LogP contribution in [-0.4, -0.2) is 24.1 Å². The summed E-state index contributed by atoms with van der Waals surface area (Å²) in [4.78, 5) is 19.0. The Morgan fingerprint density at radius 1 is 1.80 bits per heavy atom. The fraction of sp³-hybridized carbons (Fsp3) is 0.800. The Hall–Kier alpha value is -0.340. The number of hydrogen-bond donors (Lipinski definition) is 1. The van der Waals surface area contributed by atoms with E-state index in [1.807, 2.05) is 0 Å². The Labute approximate surface area is 60.1 Å². The van der Waals surface area contributed by atoms with E-state index in [4.69, 9.17) is 4.89 Å². The van der Waals surface area contributed by atoms with E-state index in [1.54, 1.807) is 6.92 Å². The van der Waals surface area contributed by atoms with Crippen LogP contribution in [-0.2, 0) is 14.1 Å². The lowest BCUT2D eigenvalue weighted by atomic mass is 10.2. The van der Waals surface area contributed by atoms with Gasteiger partial charge in [0.15, 0.2) is 8.03 Å². The summed E-state index contributed by atoms with van der Waals surface area (Å²) in [6.45, 7) is 1.56. The topological polar surface area (TPSA) is 63.6 Å². The van der Waals surface area contributed by atoms with Gasteiger partial charge in [0.25, 0.3) is 0 Å². The zero-order valence-electron chi connectivity index (χ0n) is 5.96. The summed E-state index contributed by atoms with van der Waals surface area (Å²) in [6.07, 6.45) is 0.0112. The minimum absolute atomic E-state index is 0.0112. The van der Waals surface area contributed by atoms with Crippen LogP contribution < -0.4 is 0 Å². The first kappa shape index (κ1) is 9.66. The second kappa shape index (κ2) is 4.47. The zero-order valence-corrected chi connectivity index (χ0v) is 6.96. The standard InChI is InChI=1S/C5H11O4P/c1-4(3-10(7)8)5(6)9-2/h4,10H,3H2,1-2H3,(H,7,8). The number of methoxy groups -OCH3 is 1. The smallest absolute Gasteiger partial charge is 0.308 e. The van der Waals surface area contributed by atoms with E-state index in [-0.39, 0.29) is 6.16 Å². The number of hydrogen-bond acceptors (Lipinski definition) is 3. The van der Waals surface area contributed by atoms with Crippen molar-refractivity contribution in [2.24, 2.45) is 5.92 Å². The van der Waals surface area contributed by atoms with Crippen LogP contribution in [0.1, 0.15) is 6.92 Å². The lowest BCUT2D eigenvalue weighted by Crippen LogP contribution is -2.14. The number of ether oxygens (including phenoxy) is 1. The Morgan fingerprint density at radius 3 is 2.60 bits per heavy atom. The van der Waals surface area contributed by atoms with Crippen molar-refractivity contribution >= 4 is 14.0 Å². The van der Waals surface area contributed by atoms with Crippen molar-refractivity contribution in [2.75, 3.05) is 13.3 Å². The molecular formula is C5H11O4P. The molecule has 2 atom stereocenters. The highest BCUT2D eigenvalue weighted by Gasteiger charge is 2.14. The molecule has 0 saturated heterocycles. The van der Waals surface area contributed by atoms with Crippen LogP contribution in [0.5, 0.6) is 0 Å². The lowest BCUT2D eigenvalue weighted by Gasteiger charge is -2.04. The molecule has 0 heterocycles. The van der Waals surface area contributed by atoms with Crippen LogP contribution in [0.2, 0.25) is 0 Å². The molecule has 0 aliphatic carbocycles. The highest BCUT2D eigenvalue weighted by molar-refractivity contribution is 7.38. The third-order valence-corrected chi connectivity index (χ3v) is 2.05. The minimum Gasteiger partial charge on any atom is -0.469 e. The maximum absolute atomic E-state index is 10.6. The van der Waals surface area contributed by atoms with Crippen molar-refractivity contribution < 1.29 is 19.0 Å². The fourth-order valence-electron chi connectivity index (χ4n) is 0.546. The monoisotopic (exact) mass is 166 g/mol. The van der Waals surface area contributed by atoms with Gasteiger partial charge in [0.2, 0.25) is 0 Å². The van der Waals surface area contributed by atoms with Gasteiger partial charge in [-0.1, -0.05) is 6.92 Å². The number of carbonyl (C=O) groups is 1. The van der Waals surface area contributed by atoms with E-state index in [9.17, 15) is 9.36 Å². The molecule has 1 N–H and O–H groups in total. The Kier molecular flexibility index (Phi) is 4.32. The zero-order chi connectivity index (χ0) is 8.15. The summed E-state index contributed by atoms with van der Waals surface area (Å²) in [6, 6.07) is 0. The molecular weight excluding hydrogens is 155 g/mol. The molecule has 0 fully saturated rings. The van der Waals surface area contributed by atoms with Crippen molar-refractivity contribution in [3.05, 3.63) is 0 Å². The van der Waals surface area contributed by atoms with Crippen LogP contribution in [0.25, 0.3) is 0 Å². The van der Waals surface area contributed by atoms with Gasteiger partial charge in [-0.05, 0) is 0 Å². The summed E-state index contributed by atoms with van der Waals surface area (Å²) >= 11 is 0. The molecule has 0 aromatic carbocycles. The summed E-state index contributed by atoms with van der Waals surface area (Å²) in [5.41, 5.74) is 0. The number of carbonyl (C=O) groups excluding carboxylic acids is 1. The van der Waals surface area contributed by atoms with E-state index in [2.05, 4.69) is 4.74 Å². The molecule has 0 aromatic heterocycles. The molecule has 0 radical (unpaired) electrons. The van der Waals surface area contributed by atoms with Gasteiger partial charge in [-0.3, -0.25) is 9.36 Å². The van der Waals surface area contributed by atoms with Gasteiger partial charge in [-0.2, -0.15) is 0 Å². The normalized spacial score (nSPS) is 15.9. The first-order valence-electron chi connectivity index (χ1n) is 2.87. The van der Waals surface area contributed by atoms with Gasteiger partial charge in [-0.25, -0.2) is 0 Å². The first-order chi connectivity index (χ1) is 4.57. The molecule has 0 amide bonds. The molecule has 10 heavy (non-hydrogen) atoms. The Balaban J connectivity index is 3.72. The summed E-state index contributed by atoms with van der Waals surface area (Å²) in [7, 11) is -1.28. The van der Waals surface area contributed by atoms with Gasteiger partial charge in [0, 0.05) is 6.16 Å². The quantitative estimate of drug-likeness (QED) is 0.482. The Morgan fingerprint density at radius 2 is 2.30 bits per heavy atom. The SMILES string of the molecule is COC(=O)C(C)C[PH](=O)O. The minimum atomic E-state index is -2.54. The summed E-state index contributed by atoms with van der Waals surface area (Å²) in [5, 5.41) is 0. The highest BCUT2D eigenvalue weighted by atomic mass is 31.1. The van der Waals surface area contributed by atoms with E-state index in [0.29, 0.717) is 0 Å². The molecule has 4 nitrogen and oxygen atoms in total. The molecule has 0 spiro atoms. The lowest BCUT2D eigenvalue weighted by molar-refractivity contribution is -0.144. The van der Waals surface area contributed by atoms with Crippen LogP contribution in [0.3, 0.4) is 0 Å². The average molecular weight is 166 g/mol. The molecule has 60 valence electrons. The van der Waals surface area contributed by atoms with Gasteiger partial charge in [0.1, 0.15) is 0 Å². The maximum atomic E-state index is 10.6. The molecule has 0 saturated carbocycles. The third kappa shape index (κ3) is 3.64. The van der Waals surface area contributed by atoms with Crippen molar-refractivity contribution in [3.8, 4) is 0 Å². The predicted octanol–water partition coefficient (Wildman–Crippen LogP) is 0.262.